The van der Waals surface area contributed by atoms with Crippen LogP contribution in [0, 0.1) is 0 Å². The first kappa shape index (κ1) is 8.88. The molecule has 0 bridgehead atoms. The lowest BCUT2D eigenvalue weighted by Gasteiger charge is -2.11. The SMILES string of the molecule is CN(C)CC[C@H](O)CN. The Morgan fingerprint density at radius 1 is 1.56 bits per heavy atom. The van der Waals surface area contributed by atoms with Gasteiger partial charge in [0.15, 0.2) is 0 Å². The maximum Gasteiger partial charge on any atom is 0.0674 e. The Morgan fingerprint density at radius 3 is 2.44 bits per heavy atom. The van der Waals surface area contributed by atoms with E-state index in [9.17, 15) is 0 Å². The van der Waals surface area contributed by atoms with E-state index in [-0.39, 0.29) is 6.10 Å². The van der Waals surface area contributed by atoms with Gasteiger partial charge in [0.05, 0.1) is 6.10 Å². The van der Waals surface area contributed by atoms with E-state index < -0.39 is 0 Å². The molecule has 0 aliphatic rings. The number of nitrogens with two attached hydrogens (primary N) is 1. The molecule has 0 saturated heterocycles. The summed E-state index contributed by atoms with van der Waals surface area (Å²) >= 11 is 0. The van der Waals surface area contributed by atoms with Crippen molar-refractivity contribution in [3.8, 4) is 0 Å². The Balaban J connectivity index is 3.06. The Bertz CT molecular complexity index is 66.1. The molecule has 0 fully saturated rings. The number of aliphatic hydroxyl groups is 1. The van der Waals surface area contributed by atoms with Crippen molar-refractivity contribution in [1.82, 2.24) is 4.90 Å². The predicted octanol–water partition coefficient (Wildman–Crippen LogP) is -0.742. The molecule has 3 heteroatoms. The van der Waals surface area contributed by atoms with Gasteiger partial charge in [-0.25, -0.2) is 0 Å². The summed E-state index contributed by atoms with van der Waals surface area (Å²) in [5.74, 6) is 0. The topological polar surface area (TPSA) is 49.5 Å². The van der Waals surface area contributed by atoms with E-state index >= 15 is 0 Å². The molecule has 9 heavy (non-hydrogen) atoms. The Morgan fingerprint density at radius 2 is 2.11 bits per heavy atom. The van der Waals surface area contributed by atoms with Crippen molar-refractivity contribution in [2.75, 3.05) is 27.2 Å². The van der Waals surface area contributed by atoms with Crippen LogP contribution in [0.5, 0.6) is 0 Å². The Labute approximate surface area is 56.5 Å². The number of rotatable bonds is 4. The largest absolute Gasteiger partial charge is 0.392 e. The van der Waals surface area contributed by atoms with Crippen LogP contribution in [0.1, 0.15) is 6.42 Å². The molecule has 0 aromatic carbocycles. The minimum absolute atomic E-state index is 0.326. The molecule has 3 N–H and O–H groups in total. The third kappa shape index (κ3) is 5.76. The van der Waals surface area contributed by atoms with Gasteiger partial charge in [-0.1, -0.05) is 0 Å². The second-order valence-corrected chi connectivity index (χ2v) is 2.48. The zero-order valence-electron chi connectivity index (χ0n) is 6.17. The molecule has 0 saturated carbocycles. The lowest BCUT2D eigenvalue weighted by atomic mass is 10.2. The minimum Gasteiger partial charge on any atom is -0.392 e. The van der Waals surface area contributed by atoms with Gasteiger partial charge in [-0.2, -0.15) is 0 Å². The molecule has 1 atom stereocenters. The highest BCUT2D eigenvalue weighted by molar-refractivity contribution is 4.56. The summed E-state index contributed by atoms with van der Waals surface area (Å²) in [4.78, 5) is 2.03. The number of hydrogen-bond acceptors (Lipinski definition) is 3. The maximum absolute atomic E-state index is 8.96. The van der Waals surface area contributed by atoms with Crippen molar-refractivity contribution in [1.29, 1.82) is 0 Å². The highest BCUT2D eigenvalue weighted by atomic mass is 16.3. The van der Waals surface area contributed by atoms with Gasteiger partial charge in [0.2, 0.25) is 0 Å². The first-order valence-corrected chi connectivity index (χ1v) is 3.19. The number of aliphatic hydroxyl groups excluding tert-OH is 1. The van der Waals surface area contributed by atoms with E-state index in [1.165, 1.54) is 0 Å². The zero-order valence-corrected chi connectivity index (χ0v) is 6.17. The molecule has 0 aromatic heterocycles. The Hall–Kier alpha value is -0.120. The number of hydrogen-bond donors (Lipinski definition) is 2. The molecule has 0 aromatic rings. The van der Waals surface area contributed by atoms with Crippen molar-refractivity contribution in [2.45, 2.75) is 12.5 Å². The standard InChI is InChI=1S/C6H16N2O/c1-8(2)4-3-6(9)5-7/h6,9H,3-5,7H2,1-2H3/t6-/m0/s1. The molecular formula is C6H16N2O. The van der Waals surface area contributed by atoms with Crippen LogP contribution in [0.3, 0.4) is 0 Å². The van der Waals surface area contributed by atoms with Crippen molar-refractivity contribution >= 4 is 0 Å². The normalized spacial score (nSPS) is 14.3. The summed E-state index contributed by atoms with van der Waals surface area (Å²) in [6.45, 7) is 1.27. The van der Waals surface area contributed by atoms with Gasteiger partial charge in [-0.15, -0.1) is 0 Å². The van der Waals surface area contributed by atoms with Crippen molar-refractivity contribution in [3.05, 3.63) is 0 Å². The van der Waals surface area contributed by atoms with Gasteiger partial charge in [-0.05, 0) is 20.5 Å². The molecule has 0 amide bonds. The molecule has 0 rings (SSSR count). The van der Waals surface area contributed by atoms with E-state index in [2.05, 4.69) is 0 Å². The maximum atomic E-state index is 8.96. The van der Waals surface area contributed by atoms with Gasteiger partial charge in [-0.3, -0.25) is 0 Å². The lowest BCUT2D eigenvalue weighted by Crippen LogP contribution is -2.25. The van der Waals surface area contributed by atoms with E-state index in [4.69, 9.17) is 10.8 Å². The van der Waals surface area contributed by atoms with Crippen LogP contribution in [0.4, 0.5) is 0 Å². The third-order valence-electron chi connectivity index (χ3n) is 1.18. The van der Waals surface area contributed by atoms with Crippen LogP contribution in [0.2, 0.25) is 0 Å². The first-order valence-electron chi connectivity index (χ1n) is 3.19. The molecule has 0 spiro atoms. The fourth-order valence-electron chi connectivity index (χ4n) is 0.525. The molecule has 56 valence electrons. The van der Waals surface area contributed by atoms with Gasteiger partial charge >= 0.3 is 0 Å². The summed E-state index contributed by atoms with van der Waals surface area (Å²) in [6.07, 6.45) is 0.441. The van der Waals surface area contributed by atoms with Crippen LogP contribution in [-0.4, -0.2) is 43.3 Å². The van der Waals surface area contributed by atoms with Crippen molar-refractivity contribution in [2.24, 2.45) is 5.73 Å². The third-order valence-corrected chi connectivity index (χ3v) is 1.18. The van der Waals surface area contributed by atoms with Crippen LogP contribution < -0.4 is 5.73 Å². The predicted molar refractivity (Wildman–Crippen MR) is 38.2 cm³/mol. The van der Waals surface area contributed by atoms with Gasteiger partial charge in [0.1, 0.15) is 0 Å². The summed E-state index contributed by atoms with van der Waals surface area (Å²) in [5.41, 5.74) is 5.19. The second-order valence-electron chi connectivity index (χ2n) is 2.48. The van der Waals surface area contributed by atoms with E-state index in [0.717, 1.165) is 13.0 Å². The van der Waals surface area contributed by atoms with E-state index in [1.54, 1.807) is 0 Å². The van der Waals surface area contributed by atoms with E-state index in [1.807, 2.05) is 19.0 Å². The average Bonchev–Trinajstić information content (AvgIpc) is 1.83. The molecular weight excluding hydrogens is 116 g/mol. The molecule has 0 unspecified atom stereocenters. The highest BCUT2D eigenvalue weighted by Gasteiger charge is 1.99. The van der Waals surface area contributed by atoms with Crippen molar-refractivity contribution < 1.29 is 5.11 Å². The van der Waals surface area contributed by atoms with Crippen molar-refractivity contribution in [3.63, 3.8) is 0 Å². The first-order chi connectivity index (χ1) is 4.16. The van der Waals surface area contributed by atoms with E-state index in [0.29, 0.717) is 6.54 Å². The average molecular weight is 132 g/mol. The second kappa shape index (κ2) is 4.73. The fraction of sp³-hybridized carbons (Fsp3) is 1.00. The summed E-state index contributed by atoms with van der Waals surface area (Å²) < 4.78 is 0. The van der Waals surface area contributed by atoms with Crippen LogP contribution >= 0.6 is 0 Å². The molecule has 0 radical (unpaired) electrons. The van der Waals surface area contributed by atoms with Crippen LogP contribution in [0.25, 0.3) is 0 Å². The molecule has 0 aliphatic carbocycles. The van der Waals surface area contributed by atoms with Gasteiger partial charge in [0.25, 0.3) is 0 Å². The molecule has 0 heterocycles. The van der Waals surface area contributed by atoms with Crippen LogP contribution in [-0.2, 0) is 0 Å². The smallest absolute Gasteiger partial charge is 0.0674 e. The minimum atomic E-state index is -0.326. The quantitative estimate of drug-likeness (QED) is 0.529. The van der Waals surface area contributed by atoms with Gasteiger partial charge < -0.3 is 15.7 Å². The zero-order chi connectivity index (χ0) is 7.28. The monoisotopic (exact) mass is 132 g/mol. The lowest BCUT2D eigenvalue weighted by molar-refractivity contribution is 0.159. The van der Waals surface area contributed by atoms with Crippen LogP contribution in [0.15, 0.2) is 0 Å². The highest BCUT2D eigenvalue weighted by Crippen LogP contribution is 1.88. The number of nitrogens with zero attached hydrogens (tertiary/aromatic N) is 1. The summed E-state index contributed by atoms with van der Waals surface area (Å²) in [5, 5.41) is 8.96. The fourth-order valence-corrected chi connectivity index (χ4v) is 0.525. The van der Waals surface area contributed by atoms with Gasteiger partial charge in [0, 0.05) is 13.1 Å². The summed E-state index contributed by atoms with van der Waals surface area (Å²) in [7, 11) is 3.95. The molecule has 0 aliphatic heterocycles. The summed E-state index contributed by atoms with van der Waals surface area (Å²) in [6, 6.07) is 0. The molecule has 3 nitrogen and oxygen atoms in total. The Kier molecular flexibility index (Phi) is 4.67.